The van der Waals surface area contributed by atoms with Gasteiger partial charge in [-0.3, -0.25) is 4.90 Å². The van der Waals surface area contributed by atoms with Crippen LogP contribution in [0.3, 0.4) is 0 Å². The summed E-state index contributed by atoms with van der Waals surface area (Å²) in [5, 5.41) is 0. The normalized spacial score (nSPS) is 19.1. The minimum atomic E-state index is 0.693. The summed E-state index contributed by atoms with van der Waals surface area (Å²) in [4.78, 5) is 7.22. The fraction of sp³-hybridized carbons (Fsp3) is 0.846. The van der Waals surface area contributed by atoms with Crippen LogP contribution in [0.4, 0.5) is 0 Å². The van der Waals surface area contributed by atoms with Crippen LogP contribution in [0.15, 0.2) is 12.3 Å². The first kappa shape index (κ1) is 13.5. The zero-order valence-corrected chi connectivity index (χ0v) is 11.4. The number of hydrogen-bond acceptors (Lipinski definition) is 3. The molecule has 0 aliphatic carbocycles. The summed E-state index contributed by atoms with van der Waals surface area (Å²) in [6, 6.07) is 0.693. The van der Waals surface area contributed by atoms with Crippen molar-refractivity contribution < 1.29 is 0 Å². The molecule has 1 aliphatic heterocycles. The van der Waals surface area contributed by atoms with Crippen LogP contribution in [0.1, 0.15) is 20.3 Å². The Kier molecular flexibility index (Phi) is 5.29. The first-order valence-corrected chi connectivity index (χ1v) is 6.32. The van der Waals surface area contributed by atoms with Gasteiger partial charge in [0.1, 0.15) is 0 Å². The molecule has 0 N–H and O–H groups in total. The van der Waals surface area contributed by atoms with E-state index in [1.165, 1.54) is 31.9 Å². The van der Waals surface area contributed by atoms with Crippen molar-refractivity contribution in [1.82, 2.24) is 14.7 Å². The van der Waals surface area contributed by atoms with E-state index in [2.05, 4.69) is 49.2 Å². The van der Waals surface area contributed by atoms with Gasteiger partial charge in [0.2, 0.25) is 0 Å². The highest BCUT2D eigenvalue weighted by atomic mass is 15.3. The second-order valence-electron chi connectivity index (χ2n) is 5.18. The number of nitrogens with zero attached hydrogens (tertiary/aromatic N) is 3. The van der Waals surface area contributed by atoms with E-state index in [1.807, 2.05) is 0 Å². The third-order valence-corrected chi connectivity index (χ3v) is 3.49. The van der Waals surface area contributed by atoms with Gasteiger partial charge in [0.15, 0.2) is 0 Å². The third-order valence-electron chi connectivity index (χ3n) is 3.49. The molecule has 3 nitrogen and oxygen atoms in total. The second-order valence-corrected chi connectivity index (χ2v) is 5.18. The second kappa shape index (κ2) is 6.26. The molecule has 1 rings (SSSR count). The lowest BCUT2D eigenvalue weighted by Gasteiger charge is -2.37. The summed E-state index contributed by atoms with van der Waals surface area (Å²) in [6.07, 6.45) is 1.09. The monoisotopic (exact) mass is 225 g/mol. The summed E-state index contributed by atoms with van der Waals surface area (Å²) in [5.74, 6) is 0. The number of rotatable bonds is 5. The van der Waals surface area contributed by atoms with Crippen molar-refractivity contribution in [2.75, 3.05) is 46.8 Å². The minimum absolute atomic E-state index is 0.693. The van der Waals surface area contributed by atoms with Crippen LogP contribution in [0.25, 0.3) is 0 Å². The quantitative estimate of drug-likeness (QED) is 0.702. The van der Waals surface area contributed by atoms with E-state index in [1.54, 1.807) is 0 Å². The van der Waals surface area contributed by atoms with Gasteiger partial charge in [-0.2, -0.15) is 0 Å². The van der Waals surface area contributed by atoms with Crippen molar-refractivity contribution >= 4 is 0 Å². The molecule has 0 unspecified atom stereocenters. The van der Waals surface area contributed by atoms with Crippen LogP contribution >= 0.6 is 0 Å². The fourth-order valence-electron chi connectivity index (χ4n) is 2.01. The maximum atomic E-state index is 4.07. The maximum absolute atomic E-state index is 4.07. The van der Waals surface area contributed by atoms with E-state index in [-0.39, 0.29) is 0 Å². The average molecular weight is 225 g/mol. The Balaban J connectivity index is 2.20. The molecule has 94 valence electrons. The molecule has 0 spiro atoms. The van der Waals surface area contributed by atoms with Gasteiger partial charge < -0.3 is 9.80 Å². The lowest BCUT2D eigenvalue weighted by molar-refractivity contribution is 0.108. The summed E-state index contributed by atoms with van der Waals surface area (Å²) >= 11 is 0. The molecule has 0 aromatic carbocycles. The van der Waals surface area contributed by atoms with Crippen LogP contribution in [0, 0.1) is 0 Å². The highest BCUT2D eigenvalue weighted by Gasteiger charge is 2.18. The fourth-order valence-corrected chi connectivity index (χ4v) is 2.01. The number of piperazine rings is 1. The zero-order valence-electron chi connectivity index (χ0n) is 11.4. The highest BCUT2D eigenvalue weighted by molar-refractivity contribution is 4.91. The molecule has 0 saturated carbocycles. The van der Waals surface area contributed by atoms with Crippen molar-refractivity contribution in [1.29, 1.82) is 0 Å². The molecule has 0 aromatic rings. The van der Waals surface area contributed by atoms with Gasteiger partial charge in [-0.25, -0.2) is 0 Å². The van der Waals surface area contributed by atoms with Crippen LogP contribution in [0.2, 0.25) is 0 Å². The third kappa shape index (κ3) is 4.14. The predicted octanol–water partition coefficient (Wildman–Crippen LogP) is 1.48. The molecule has 0 bridgehead atoms. The van der Waals surface area contributed by atoms with Crippen molar-refractivity contribution in [3.8, 4) is 0 Å². The SMILES string of the molecule is C=C(CCN1CCN(C(C)C)CC1)N(C)C. The Morgan fingerprint density at radius 1 is 1.19 bits per heavy atom. The molecule has 0 amide bonds. The molecule has 0 radical (unpaired) electrons. The smallest absolute Gasteiger partial charge is 0.0113 e. The van der Waals surface area contributed by atoms with Crippen LogP contribution in [0.5, 0.6) is 0 Å². The Bertz CT molecular complexity index is 215. The first-order valence-electron chi connectivity index (χ1n) is 6.32. The Morgan fingerprint density at radius 3 is 2.19 bits per heavy atom. The van der Waals surface area contributed by atoms with Crippen molar-refractivity contribution in [2.45, 2.75) is 26.3 Å². The first-order chi connectivity index (χ1) is 7.50. The topological polar surface area (TPSA) is 9.72 Å². The van der Waals surface area contributed by atoms with E-state index in [0.29, 0.717) is 6.04 Å². The van der Waals surface area contributed by atoms with E-state index >= 15 is 0 Å². The Morgan fingerprint density at radius 2 is 1.75 bits per heavy atom. The van der Waals surface area contributed by atoms with Gasteiger partial charge in [0.25, 0.3) is 0 Å². The van der Waals surface area contributed by atoms with Gasteiger partial charge in [-0.05, 0) is 20.3 Å². The Hall–Kier alpha value is -0.540. The van der Waals surface area contributed by atoms with Gasteiger partial charge in [-0.1, -0.05) is 6.58 Å². The minimum Gasteiger partial charge on any atom is -0.381 e. The van der Waals surface area contributed by atoms with Gasteiger partial charge >= 0.3 is 0 Å². The van der Waals surface area contributed by atoms with Crippen LogP contribution in [-0.4, -0.2) is 67.6 Å². The lowest BCUT2D eigenvalue weighted by atomic mass is 10.2. The summed E-state index contributed by atoms with van der Waals surface area (Å²) in [7, 11) is 4.14. The standard InChI is InChI=1S/C13H27N3/c1-12(2)16-10-8-15(9-11-16)7-6-13(3)14(4)5/h12H,3,6-11H2,1-2,4-5H3. The molecule has 0 aromatic heterocycles. The molecule has 1 heterocycles. The molecule has 1 saturated heterocycles. The van der Waals surface area contributed by atoms with Crippen molar-refractivity contribution in [2.24, 2.45) is 0 Å². The van der Waals surface area contributed by atoms with E-state index < -0.39 is 0 Å². The van der Waals surface area contributed by atoms with Gasteiger partial charge in [-0.15, -0.1) is 0 Å². The van der Waals surface area contributed by atoms with Gasteiger partial charge in [0, 0.05) is 58.6 Å². The summed E-state index contributed by atoms with van der Waals surface area (Å²) in [6.45, 7) is 14.6. The molecule has 3 heteroatoms. The van der Waals surface area contributed by atoms with Crippen LogP contribution < -0.4 is 0 Å². The highest BCUT2D eigenvalue weighted by Crippen LogP contribution is 2.08. The van der Waals surface area contributed by atoms with E-state index in [9.17, 15) is 0 Å². The molecular weight excluding hydrogens is 198 g/mol. The number of hydrogen-bond donors (Lipinski definition) is 0. The van der Waals surface area contributed by atoms with E-state index in [4.69, 9.17) is 0 Å². The van der Waals surface area contributed by atoms with Crippen molar-refractivity contribution in [3.63, 3.8) is 0 Å². The lowest BCUT2D eigenvalue weighted by Crippen LogP contribution is -2.49. The van der Waals surface area contributed by atoms with Gasteiger partial charge in [0.05, 0.1) is 0 Å². The Labute approximate surface area is 101 Å². The largest absolute Gasteiger partial charge is 0.381 e. The van der Waals surface area contributed by atoms with Crippen molar-refractivity contribution in [3.05, 3.63) is 12.3 Å². The molecular formula is C13H27N3. The zero-order chi connectivity index (χ0) is 12.1. The summed E-state index contributed by atoms with van der Waals surface area (Å²) in [5.41, 5.74) is 1.23. The molecule has 16 heavy (non-hydrogen) atoms. The predicted molar refractivity (Wildman–Crippen MR) is 70.6 cm³/mol. The van der Waals surface area contributed by atoms with Crippen LogP contribution in [-0.2, 0) is 0 Å². The molecule has 1 fully saturated rings. The summed E-state index contributed by atoms with van der Waals surface area (Å²) < 4.78 is 0. The maximum Gasteiger partial charge on any atom is 0.0113 e. The van der Waals surface area contributed by atoms with E-state index in [0.717, 1.165) is 13.0 Å². The average Bonchev–Trinajstić information content (AvgIpc) is 2.26. The molecule has 1 aliphatic rings. The molecule has 0 atom stereocenters.